The molecule has 0 bridgehead atoms. The number of nitrogens with zero attached hydrogens (tertiary/aromatic N) is 4. The second-order valence-corrected chi connectivity index (χ2v) is 8.58. The molecule has 0 atom stereocenters. The summed E-state index contributed by atoms with van der Waals surface area (Å²) in [5.41, 5.74) is 3.04. The summed E-state index contributed by atoms with van der Waals surface area (Å²) in [6.07, 6.45) is 0. The molecule has 1 fully saturated rings. The Morgan fingerprint density at radius 2 is 1.78 bits per heavy atom. The highest BCUT2D eigenvalue weighted by Gasteiger charge is 2.20. The quantitative estimate of drug-likeness (QED) is 0.550. The minimum Gasteiger partial charge on any atom is -0.495 e. The van der Waals surface area contributed by atoms with E-state index in [-0.39, 0.29) is 5.91 Å². The molecular weight excluding hydrogens is 422 g/mol. The predicted octanol–water partition coefficient (Wildman–Crippen LogP) is 3.85. The van der Waals surface area contributed by atoms with E-state index in [4.69, 9.17) is 4.74 Å². The summed E-state index contributed by atoms with van der Waals surface area (Å²) in [6, 6.07) is 19.8. The third-order valence-corrected chi connectivity index (χ3v) is 6.23. The molecule has 0 radical (unpaired) electrons. The minimum absolute atomic E-state index is 0.0565. The average Bonchev–Trinajstić information content (AvgIpc) is 2.83. The molecule has 1 aromatic heterocycles. The van der Waals surface area contributed by atoms with Crippen molar-refractivity contribution in [2.24, 2.45) is 0 Å². The van der Waals surface area contributed by atoms with E-state index in [1.54, 1.807) is 7.11 Å². The van der Waals surface area contributed by atoms with Gasteiger partial charge in [0.05, 0.1) is 18.6 Å². The molecule has 8 heteroatoms. The van der Waals surface area contributed by atoms with E-state index in [0.717, 1.165) is 59.7 Å². The number of aromatic nitrogens is 2. The van der Waals surface area contributed by atoms with E-state index in [1.165, 1.54) is 11.8 Å². The number of methoxy groups -OCH3 is 1. The minimum atomic E-state index is -0.0565. The number of piperazine rings is 1. The standard InChI is InChI=1S/C24H27N5O2S/c1-18-6-5-7-19(16-18)25-23(30)17-32-24-11-10-22(26-27-24)29-14-12-28(13-15-29)20-8-3-4-9-21(20)31-2/h3-11,16H,12-15,17H2,1-2H3,(H,25,30). The molecule has 0 aliphatic carbocycles. The molecule has 1 saturated heterocycles. The molecule has 0 spiro atoms. The summed E-state index contributed by atoms with van der Waals surface area (Å²) in [7, 11) is 1.70. The Kier molecular flexibility index (Phi) is 7.11. The van der Waals surface area contributed by atoms with Gasteiger partial charge in [-0.25, -0.2) is 0 Å². The molecule has 1 N–H and O–H groups in total. The van der Waals surface area contributed by atoms with Gasteiger partial charge in [-0.1, -0.05) is 36.0 Å². The van der Waals surface area contributed by atoms with Gasteiger partial charge >= 0.3 is 0 Å². The third-order valence-electron chi connectivity index (χ3n) is 5.31. The summed E-state index contributed by atoms with van der Waals surface area (Å²) in [6.45, 7) is 5.49. The zero-order valence-electron chi connectivity index (χ0n) is 18.3. The van der Waals surface area contributed by atoms with E-state index in [1.807, 2.05) is 61.5 Å². The molecule has 166 valence electrons. The number of hydrogen-bond donors (Lipinski definition) is 1. The van der Waals surface area contributed by atoms with Crippen molar-refractivity contribution in [3.05, 3.63) is 66.2 Å². The Balaban J connectivity index is 1.27. The molecule has 0 saturated carbocycles. The van der Waals surface area contributed by atoms with Crippen LogP contribution >= 0.6 is 11.8 Å². The molecule has 2 heterocycles. The second kappa shape index (κ2) is 10.4. The molecule has 1 amide bonds. The van der Waals surface area contributed by atoms with Gasteiger partial charge in [-0.2, -0.15) is 0 Å². The van der Waals surface area contributed by atoms with Crippen molar-refractivity contribution in [2.75, 3.05) is 54.2 Å². The van der Waals surface area contributed by atoms with Crippen molar-refractivity contribution in [1.82, 2.24) is 10.2 Å². The summed E-state index contributed by atoms with van der Waals surface area (Å²) >= 11 is 1.38. The first-order valence-corrected chi connectivity index (χ1v) is 11.6. The number of ether oxygens (including phenoxy) is 1. The average molecular weight is 450 g/mol. The van der Waals surface area contributed by atoms with Crippen LogP contribution in [0.5, 0.6) is 5.75 Å². The zero-order chi connectivity index (χ0) is 22.3. The Morgan fingerprint density at radius 3 is 2.50 bits per heavy atom. The number of carbonyl (C=O) groups is 1. The first-order chi connectivity index (χ1) is 15.6. The number of amides is 1. The predicted molar refractivity (Wildman–Crippen MR) is 130 cm³/mol. The molecule has 7 nitrogen and oxygen atoms in total. The number of para-hydroxylation sites is 2. The maximum absolute atomic E-state index is 12.2. The van der Waals surface area contributed by atoms with Crippen LogP contribution in [0.1, 0.15) is 5.56 Å². The first-order valence-electron chi connectivity index (χ1n) is 10.6. The lowest BCUT2D eigenvalue weighted by molar-refractivity contribution is -0.113. The van der Waals surface area contributed by atoms with Crippen LogP contribution in [0.2, 0.25) is 0 Å². The van der Waals surface area contributed by atoms with E-state index >= 15 is 0 Å². The van der Waals surface area contributed by atoms with Crippen LogP contribution in [-0.4, -0.2) is 55.1 Å². The van der Waals surface area contributed by atoms with Gasteiger partial charge in [0.2, 0.25) is 5.91 Å². The Bertz CT molecular complexity index is 1050. The lowest BCUT2D eigenvalue weighted by atomic mass is 10.2. The number of carbonyl (C=O) groups excluding carboxylic acids is 1. The van der Waals surface area contributed by atoms with Gasteiger partial charge in [0.15, 0.2) is 5.82 Å². The fraction of sp³-hybridized carbons (Fsp3) is 0.292. The molecule has 1 aliphatic rings. The topological polar surface area (TPSA) is 70.6 Å². The van der Waals surface area contributed by atoms with Crippen molar-refractivity contribution >= 4 is 34.9 Å². The molecule has 2 aromatic carbocycles. The van der Waals surface area contributed by atoms with Crippen LogP contribution in [0.25, 0.3) is 0 Å². The summed E-state index contributed by atoms with van der Waals surface area (Å²) in [5, 5.41) is 12.3. The smallest absolute Gasteiger partial charge is 0.234 e. The molecule has 3 aromatic rings. The zero-order valence-corrected chi connectivity index (χ0v) is 19.1. The van der Waals surface area contributed by atoms with Crippen molar-refractivity contribution in [1.29, 1.82) is 0 Å². The van der Waals surface area contributed by atoms with E-state index in [2.05, 4.69) is 31.4 Å². The van der Waals surface area contributed by atoms with E-state index in [0.29, 0.717) is 5.75 Å². The number of anilines is 3. The van der Waals surface area contributed by atoms with Crippen molar-refractivity contribution in [3.8, 4) is 5.75 Å². The lowest BCUT2D eigenvalue weighted by Crippen LogP contribution is -2.47. The third kappa shape index (κ3) is 5.50. The van der Waals surface area contributed by atoms with Crippen LogP contribution in [0, 0.1) is 6.92 Å². The second-order valence-electron chi connectivity index (χ2n) is 7.58. The summed E-state index contributed by atoms with van der Waals surface area (Å²) in [5.74, 6) is 1.99. The van der Waals surface area contributed by atoms with Crippen LogP contribution < -0.4 is 19.9 Å². The van der Waals surface area contributed by atoms with Gasteiger partial charge < -0.3 is 19.9 Å². The fourth-order valence-corrected chi connectivity index (χ4v) is 4.30. The van der Waals surface area contributed by atoms with Crippen LogP contribution in [0.4, 0.5) is 17.2 Å². The number of rotatable bonds is 7. The number of nitrogens with one attached hydrogen (secondary N) is 1. The van der Waals surface area contributed by atoms with E-state index < -0.39 is 0 Å². The molecule has 1 aliphatic heterocycles. The normalized spacial score (nSPS) is 13.7. The van der Waals surface area contributed by atoms with Crippen molar-refractivity contribution in [2.45, 2.75) is 11.9 Å². The maximum Gasteiger partial charge on any atom is 0.234 e. The molecular formula is C24H27N5O2S. The number of benzene rings is 2. The van der Waals surface area contributed by atoms with Crippen molar-refractivity contribution < 1.29 is 9.53 Å². The van der Waals surface area contributed by atoms with Gasteiger partial charge in [-0.3, -0.25) is 4.79 Å². The molecule has 32 heavy (non-hydrogen) atoms. The van der Waals surface area contributed by atoms with Gasteiger partial charge in [0.25, 0.3) is 0 Å². The van der Waals surface area contributed by atoms with E-state index in [9.17, 15) is 4.79 Å². The highest BCUT2D eigenvalue weighted by molar-refractivity contribution is 7.99. The highest BCUT2D eigenvalue weighted by Crippen LogP contribution is 2.29. The number of hydrogen-bond acceptors (Lipinski definition) is 7. The fourth-order valence-electron chi connectivity index (χ4n) is 3.69. The summed E-state index contributed by atoms with van der Waals surface area (Å²) < 4.78 is 5.49. The Morgan fingerprint density at radius 1 is 1.00 bits per heavy atom. The van der Waals surface area contributed by atoms with Gasteiger partial charge in [-0.05, 0) is 48.9 Å². The van der Waals surface area contributed by atoms with Gasteiger partial charge in [0, 0.05) is 31.9 Å². The first kappa shape index (κ1) is 22.0. The largest absolute Gasteiger partial charge is 0.495 e. The Hall–Kier alpha value is -3.26. The summed E-state index contributed by atoms with van der Waals surface area (Å²) in [4.78, 5) is 16.8. The van der Waals surface area contributed by atoms with Gasteiger partial charge in [0.1, 0.15) is 10.8 Å². The van der Waals surface area contributed by atoms with Crippen molar-refractivity contribution in [3.63, 3.8) is 0 Å². The Labute approximate surface area is 192 Å². The van der Waals surface area contributed by atoms with Crippen LogP contribution in [0.3, 0.4) is 0 Å². The lowest BCUT2D eigenvalue weighted by Gasteiger charge is -2.37. The monoisotopic (exact) mass is 449 g/mol. The molecule has 4 rings (SSSR count). The SMILES string of the molecule is COc1ccccc1N1CCN(c2ccc(SCC(=O)Nc3cccc(C)c3)nn2)CC1. The van der Waals surface area contributed by atoms with Crippen LogP contribution in [0.15, 0.2) is 65.7 Å². The highest BCUT2D eigenvalue weighted by atomic mass is 32.2. The van der Waals surface area contributed by atoms with Crippen LogP contribution in [-0.2, 0) is 4.79 Å². The maximum atomic E-state index is 12.2. The van der Waals surface area contributed by atoms with Gasteiger partial charge in [-0.15, -0.1) is 10.2 Å². The number of aryl methyl sites for hydroxylation is 1. The molecule has 0 unspecified atom stereocenters. The number of thioether (sulfide) groups is 1.